The molecule has 2 rings (SSSR count). The molecule has 1 heterocycles. The number of ether oxygens (including phenoxy) is 1. The van der Waals surface area contributed by atoms with Crippen LogP contribution in [-0.2, 0) is 9.53 Å². The number of carbonyl (C=O) groups excluding carboxylic acids is 2. The summed E-state index contributed by atoms with van der Waals surface area (Å²) >= 11 is 6.13. The minimum Gasteiger partial charge on any atom is -0.469 e. The van der Waals surface area contributed by atoms with Crippen LogP contribution in [0.4, 0.5) is 0 Å². The molecule has 5 heteroatoms. The van der Waals surface area contributed by atoms with Gasteiger partial charge in [0.15, 0.2) is 0 Å². The molecule has 0 radical (unpaired) electrons. The third-order valence-electron chi connectivity index (χ3n) is 3.60. The van der Waals surface area contributed by atoms with E-state index in [1.165, 1.54) is 7.11 Å². The number of benzene rings is 1. The van der Waals surface area contributed by atoms with Gasteiger partial charge < -0.3 is 9.64 Å². The lowest BCUT2D eigenvalue weighted by molar-refractivity contribution is -0.146. The fraction of sp³-hybridized carbons (Fsp3) is 0.467. The van der Waals surface area contributed by atoms with Crippen LogP contribution in [0.1, 0.15) is 28.8 Å². The zero-order valence-corrected chi connectivity index (χ0v) is 12.4. The van der Waals surface area contributed by atoms with Crippen LogP contribution in [0.2, 0.25) is 5.02 Å². The number of nitrogens with zero attached hydrogens (tertiary/aromatic N) is 1. The summed E-state index contributed by atoms with van der Waals surface area (Å²) in [6.45, 7) is 2.97. The average molecular weight is 296 g/mol. The molecule has 1 fully saturated rings. The van der Waals surface area contributed by atoms with E-state index in [0.29, 0.717) is 23.7 Å². The average Bonchev–Trinajstić information content (AvgIpc) is 2.46. The van der Waals surface area contributed by atoms with E-state index in [1.807, 2.05) is 13.0 Å². The Morgan fingerprint density at radius 1 is 1.40 bits per heavy atom. The lowest BCUT2D eigenvalue weighted by Gasteiger charge is -2.31. The normalized spacial score (nSPS) is 18.8. The summed E-state index contributed by atoms with van der Waals surface area (Å²) in [6, 6.07) is 5.37. The number of methoxy groups -OCH3 is 1. The van der Waals surface area contributed by atoms with Crippen molar-refractivity contribution in [1.29, 1.82) is 0 Å². The first-order valence-electron chi connectivity index (χ1n) is 6.66. The summed E-state index contributed by atoms with van der Waals surface area (Å²) in [6.07, 6.45) is 1.56. The number of piperidine rings is 1. The van der Waals surface area contributed by atoms with Crippen LogP contribution in [0, 0.1) is 12.8 Å². The molecule has 0 aliphatic carbocycles. The molecule has 0 saturated carbocycles. The molecular formula is C15H18ClNO3. The minimum atomic E-state index is -0.252. The second kappa shape index (κ2) is 6.27. The zero-order valence-electron chi connectivity index (χ0n) is 11.7. The van der Waals surface area contributed by atoms with Crippen molar-refractivity contribution in [3.8, 4) is 0 Å². The van der Waals surface area contributed by atoms with E-state index in [-0.39, 0.29) is 17.8 Å². The summed E-state index contributed by atoms with van der Waals surface area (Å²) in [7, 11) is 1.37. The van der Waals surface area contributed by atoms with Crippen molar-refractivity contribution in [2.45, 2.75) is 19.8 Å². The quantitative estimate of drug-likeness (QED) is 0.788. The molecule has 0 aromatic heterocycles. The van der Waals surface area contributed by atoms with Crippen molar-refractivity contribution in [2.75, 3.05) is 20.2 Å². The highest BCUT2D eigenvalue weighted by Gasteiger charge is 2.30. The molecular weight excluding hydrogens is 278 g/mol. The Hall–Kier alpha value is -1.55. The molecule has 1 aromatic carbocycles. The number of halogens is 1. The van der Waals surface area contributed by atoms with Crippen molar-refractivity contribution < 1.29 is 14.3 Å². The highest BCUT2D eigenvalue weighted by Crippen LogP contribution is 2.23. The van der Waals surface area contributed by atoms with E-state index in [9.17, 15) is 9.59 Å². The third kappa shape index (κ3) is 3.12. The molecule has 0 N–H and O–H groups in total. The summed E-state index contributed by atoms with van der Waals surface area (Å²) in [5, 5.41) is 0.454. The number of rotatable bonds is 2. The molecule has 1 amide bonds. The van der Waals surface area contributed by atoms with Gasteiger partial charge >= 0.3 is 5.97 Å². The maximum absolute atomic E-state index is 12.5. The number of esters is 1. The maximum atomic E-state index is 12.5. The highest BCUT2D eigenvalue weighted by molar-refractivity contribution is 6.33. The standard InChI is InChI=1S/C15H18ClNO3/c1-10-5-6-12(13(16)8-10)14(18)17-7-3-4-11(9-17)15(19)20-2/h5-6,8,11H,3-4,7,9H2,1-2H3/t11-/m0/s1. The Morgan fingerprint density at radius 3 is 2.80 bits per heavy atom. The largest absolute Gasteiger partial charge is 0.469 e. The van der Waals surface area contributed by atoms with Gasteiger partial charge in [-0.15, -0.1) is 0 Å². The Balaban J connectivity index is 2.14. The van der Waals surface area contributed by atoms with Gasteiger partial charge in [-0.05, 0) is 37.5 Å². The predicted octanol–water partition coefficient (Wildman–Crippen LogP) is 2.67. The van der Waals surface area contributed by atoms with Gasteiger partial charge in [-0.3, -0.25) is 9.59 Å². The second-order valence-electron chi connectivity index (χ2n) is 5.10. The molecule has 4 nitrogen and oxygen atoms in total. The van der Waals surface area contributed by atoms with Gasteiger partial charge in [0.1, 0.15) is 0 Å². The summed E-state index contributed by atoms with van der Waals surface area (Å²) < 4.78 is 4.76. The van der Waals surface area contributed by atoms with Gasteiger partial charge in [0.05, 0.1) is 23.6 Å². The highest BCUT2D eigenvalue weighted by atomic mass is 35.5. The molecule has 0 unspecified atom stereocenters. The smallest absolute Gasteiger partial charge is 0.310 e. The summed E-state index contributed by atoms with van der Waals surface area (Å²) in [5.41, 5.74) is 1.50. The van der Waals surface area contributed by atoms with Crippen LogP contribution >= 0.6 is 11.6 Å². The molecule has 1 aliphatic heterocycles. The molecule has 1 saturated heterocycles. The molecule has 1 aromatic rings. The van der Waals surface area contributed by atoms with Crippen LogP contribution in [-0.4, -0.2) is 37.0 Å². The minimum absolute atomic E-state index is 0.122. The number of hydrogen-bond donors (Lipinski definition) is 0. The van der Waals surface area contributed by atoms with Gasteiger partial charge in [-0.1, -0.05) is 17.7 Å². The van der Waals surface area contributed by atoms with E-state index in [4.69, 9.17) is 16.3 Å². The fourth-order valence-electron chi connectivity index (χ4n) is 2.48. The van der Waals surface area contributed by atoms with Crippen molar-refractivity contribution >= 4 is 23.5 Å². The van der Waals surface area contributed by atoms with Gasteiger partial charge in [-0.2, -0.15) is 0 Å². The van der Waals surface area contributed by atoms with Gasteiger partial charge in [0.25, 0.3) is 5.91 Å². The SMILES string of the molecule is COC(=O)[C@H]1CCCN(C(=O)c2ccc(C)cc2Cl)C1. The van der Waals surface area contributed by atoms with E-state index in [2.05, 4.69) is 0 Å². The molecule has 108 valence electrons. The Bertz CT molecular complexity index is 530. The Labute approximate surface area is 123 Å². The first kappa shape index (κ1) is 14.9. The second-order valence-corrected chi connectivity index (χ2v) is 5.50. The van der Waals surface area contributed by atoms with Crippen LogP contribution < -0.4 is 0 Å². The van der Waals surface area contributed by atoms with Crippen molar-refractivity contribution in [3.63, 3.8) is 0 Å². The van der Waals surface area contributed by atoms with Crippen molar-refractivity contribution in [2.24, 2.45) is 5.92 Å². The zero-order chi connectivity index (χ0) is 14.7. The van der Waals surface area contributed by atoms with Crippen LogP contribution in [0.3, 0.4) is 0 Å². The van der Waals surface area contributed by atoms with E-state index in [1.54, 1.807) is 17.0 Å². The van der Waals surface area contributed by atoms with Crippen LogP contribution in [0.15, 0.2) is 18.2 Å². The molecule has 0 bridgehead atoms. The van der Waals surface area contributed by atoms with Gasteiger partial charge in [-0.25, -0.2) is 0 Å². The first-order valence-corrected chi connectivity index (χ1v) is 7.04. The number of likely N-dealkylation sites (tertiary alicyclic amines) is 1. The molecule has 1 atom stereocenters. The van der Waals surface area contributed by atoms with Crippen molar-refractivity contribution in [1.82, 2.24) is 4.90 Å². The Morgan fingerprint density at radius 2 is 2.15 bits per heavy atom. The molecule has 0 spiro atoms. The lowest BCUT2D eigenvalue weighted by Crippen LogP contribution is -2.42. The fourth-order valence-corrected chi connectivity index (χ4v) is 2.80. The van der Waals surface area contributed by atoms with Gasteiger partial charge in [0.2, 0.25) is 0 Å². The number of carbonyl (C=O) groups is 2. The Kier molecular flexibility index (Phi) is 4.65. The van der Waals surface area contributed by atoms with Crippen LogP contribution in [0.25, 0.3) is 0 Å². The van der Waals surface area contributed by atoms with Gasteiger partial charge in [0, 0.05) is 13.1 Å². The summed E-state index contributed by atoms with van der Waals surface area (Å²) in [5.74, 6) is -0.608. The monoisotopic (exact) mass is 295 g/mol. The third-order valence-corrected chi connectivity index (χ3v) is 3.91. The topological polar surface area (TPSA) is 46.6 Å². The first-order chi connectivity index (χ1) is 9.52. The van der Waals surface area contributed by atoms with E-state index >= 15 is 0 Å². The number of amides is 1. The van der Waals surface area contributed by atoms with Crippen LogP contribution in [0.5, 0.6) is 0 Å². The summed E-state index contributed by atoms with van der Waals surface area (Å²) in [4.78, 5) is 25.8. The van der Waals surface area contributed by atoms with E-state index < -0.39 is 0 Å². The predicted molar refractivity (Wildman–Crippen MR) is 76.8 cm³/mol. The number of aryl methyl sites for hydroxylation is 1. The lowest BCUT2D eigenvalue weighted by atomic mass is 9.97. The molecule has 20 heavy (non-hydrogen) atoms. The maximum Gasteiger partial charge on any atom is 0.310 e. The van der Waals surface area contributed by atoms with E-state index in [0.717, 1.165) is 18.4 Å². The van der Waals surface area contributed by atoms with Crippen molar-refractivity contribution in [3.05, 3.63) is 34.3 Å². The molecule has 1 aliphatic rings. The number of hydrogen-bond acceptors (Lipinski definition) is 3.